The Hall–Kier alpha value is -2.07. The van der Waals surface area contributed by atoms with E-state index in [1.807, 2.05) is 0 Å². The van der Waals surface area contributed by atoms with Gasteiger partial charge in [-0.1, -0.05) is 39.0 Å². The van der Waals surface area contributed by atoms with Gasteiger partial charge in [-0.05, 0) is 90.6 Å². The highest BCUT2D eigenvalue weighted by Gasteiger charge is 2.57. The van der Waals surface area contributed by atoms with Gasteiger partial charge in [0.25, 0.3) is 0 Å². The van der Waals surface area contributed by atoms with E-state index in [1.165, 1.54) is 35.6 Å². The van der Waals surface area contributed by atoms with E-state index in [1.54, 1.807) is 0 Å². The smallest absolute Gasteiger partial charge is 0.306 e. The molecule has 2 aliphatic carbocycles. The zero-order valence-corrected chi connectivity index (χ0v) is 19.1. The Labute approximate surface area is 185 Å². The lowest BCUT2D eigenvalue weighted by atomic mass is 9.71. The number of nitrogens with zero attached hydrogens (tertiary/aromatic N) is 1. The highest BCUT2D eigenvalue weighted by Crippen LogP contribution is 2.63. The van der Waals surface area contributed by atoms with Crippen LogP contribution in [0.4, 0.5) is 0 Å². The van der Waals surface area contributed by atoms with Gasteiger partial charge in [-0.3, -0.25) is 9.69 Å². The number of aliphatic carboxylic acids is 1. The number of benzene rings is 2. The summed E-state index contributed by atoms with van der Waals surface area (Å²) in [6.07, 6.45) is 5.63. The van der Waals surface area contributed by atoms with E-state index >= 15 is 0 Å². The number of carbonyl (C=O) groups is 1. The number of piperidine rings is 1. The zero-order valence-electron chi connectivity index (χ0n) is 19.1. The third-order valence-corrected chi connectivity index (χ3v) is 8.25. The summed E-state index contributed by atoms with van der Waals surface area (Å²) < 4.78 is 6.54. The molecule has 3 fully saturated rings. The minimum absolute atomic E-state index is 0.172. The van der Waals surface area contributed by atoms with E-state index in [0.29, 0.717) is 22.9 Å². The van der Waals surface area contributed by atoms with Crippen LogP contribution in [0.3, 0.4) is 0 Å². The monoisotopic (exact) mass is 421 g/mol. The maximum atomic E-state index is 11.2. The van der Waals surface area contributed by atoms with Gasteiger partial charge >= 0.3 is 5.97 Å². The largest absolute Gasteiger partial charge is 0.490 e. The summed E-state index contributed by atoms with van der Waals surface area (Å²) in [5.41, 5.74) is 2.11. The summed E-state index contributed by atoms with van der Waals surface area (Å²) in [7, 11) is 0. The first kappa shape index (κ1) is 20.8. The fraction of sp³-hybridized carbons (Fsp3) is 0.593. The third-order valence-electron chi connectivity index (χ3n) is 8.25. The summed E-state index contributed by atoms with van der Waals surface area (Å²) >= 11 is 0. The second-order valence-electron chi connectivity index (χ2n) is 11.4. The minimum atomic E-state index is -0.647. The van der Waals surface area contributed by atoms with Crippen molar-refractivity contribution in [3.63, 3.8) is 0 Å². The van der Waals surface area contributed by atoms with Gasteiger partial charge in [0.15, 0.2) is 0 Å². The molecule has 1 N–H and O–H groups in total. The van der Waals surface area contributed by atoms with E-state index in [0.717, 1.165) is 38.2 Å². The van der Waals surface area contributed by atoms with Crippen molar-refractivity contribution in [2.45, 2.75) is 65.5 Å². The summed E-state index contributed by atoms with van der Waals surface area (Å²) in [6, 6.07) is 13.2. The van der Waals surface area contributed by atoms with Crippen molar-refractivity contribution in [2.75, 3.05) is 13.1 Å². The molecule has 3 unspecified atom stereocenters. The van der Waals surface area contributed by atoms with Crippen LogP contribution in [0.25, 0.3) is 10.8 Å². The molecular formula is C27H35NO3. The van der Waals surface area contributed by atoms with Gasteiger partial charge in [-0.2, -0.15) is 0 Å². The molecule has 0 radical (unpaired) electrons. The second-order valence-corrected chi connectivity index (χ2v) is 11.4. The highest BCUT2D eigenvalue weighted by molar-refractivity contribution is 5.84. The number of rotatable bonds is 5. The molecule has 4 nitrogen and oxygen atoms in total. The molecule has 3 atom stereocenters. The van der Waals surface area contributed by atoms with Gasteiger partial charge in [0.05, 0.1) is 5.92 Å². The Morgan fingerprint density at radius 1 is 1.06 bits per heavy atom. The summed E-state index contributed by atoms with van der Waals surface area (Å²) in [5, 5.41) is 11.6. The van der Waals surface area contributed by atoms with Crippen molar-refractivity contribution in [1.82, 2.24) is 4.90 Å². The van der Waals surface area contributed by atoms with Crippen molar-refractivity contribution < 1.29 is 14.6 Å². The first-order valence-corrected chi connectivity index (χ1v) is 11.9. The first-order valence-electron chi connectivity index (χ1n) is 11.9. The maximum Gasteiger partial charge on any atom is 0.306 e. The van der Waals surface area contributed by atoms with E-state index in [2.05, 4.69) is 62.1 Å². The van der Waals surface area contributed by atoms with Crippen molar-refractivity contribution in [3.05, 3.63) is 42.0 Å². The fourth-order valence-electron chi connectivity index (χ4n) is 6.87. The molecule has 3 aliphatic rings. The lowest BCUT2D eigenvalue weighted by Crippen LogP contribution is -2.36. The van der Waals surface area contributed by atoms with Crippen molar-refractivity contribution in [2.24, 2.45) is 22.7 Å². The number of ether oxygens (including phenoxy) is 1. The predicted octanol–water partition coefficient (Wildman–Crippen LogP) is 5.73. The molecule has 5 rings (SSSR count). The van der Waals surface area contributed by atoms with E-state index in [4.69, 9.17) is 4.74 Å². The quantitative estimate of drug-likeness (QED) is 0.670. The van der Waals surface area contributed by atoms with Crippen LogP contribution < -0.4 is 4.74 Å². The van der Waals surface area contributed by atoms with Gasteiger partial charge in [-0.15, -0.1) is 0 Å². The highest BCUT2D eigenvalue weighted by atomic mass is 16.5. The molecule has 0 amide bonds. The number of hydrogen-bond donors (Lipinski definition) is 1. The number of likely N-dealkylation sites (tertiary alicyclic amines) is 1. The SMILES string of the molecule is CC12CC(Oc3ccc4cc(CN5CCC(C(=O)O)CC5)ccc4c3)C(C1)C(C)(C)C2. The molecule has 2 aromatic carbocycles. The molecule has 0 spiro atoms. The molecule has 166 valence electrons. The van der Waals surface area contributed by atoms with Crippen molar-refractivity contribution in [3.8, 4) is 5.75 Å². The third kappa shape index (κ3) is 4.07. The average molecular weight is 422 g/mol. The first-order chi connectivity index (χ1) is 14.7. The molecule has 1 aliphatic heterocycles. The molecule has 31 heavy (non-hydrogen) atoms. The van der Waals surface area contributed by atoms with E-state index < -0.39 is 5.97 Å². The zero-order chi connectivity index (χ0) is 21.8. The fourth-order valence-corrected chi connectivity index (χ4v) is 6.87. The lowest BCUT2D eigenvalue weighted by molar-refractivity contribution is -0.143. The van der Waals surface area contributed by atoms with Gasteiger partial charge in [0.2, 0.25) is 0 Å². The van der Waals surface area contributed by atoms with Crippen LogP contribution >= 0.6 is 0 Å². The van der Waals surface area contributed by atoms with E-state index in [9.17, 15) is 9.90 Å². The molecule has 1 heterocycles. The van der Waals surface area contributed by atoms with Crippen LogP contribution in [0.1, 0.15) is 58.4 Å². The summed E-state index contributed by atoms with van der Waals surface area (Å²) in [4.78, 5) is 13.5. The topological polar surface area (TPSA) is 49.8 Å². The van der Waals surface area contributed by atoms with Crippen LogP contribution in [0.5, 0.6) is 5.75 Å². The molecular weight excluding hydrogens is 386 g/mol. The standard InChI is InChI=1S/C27H35NO3/c1-26(2)17-27(3)14-23(26)24(15-27)31-22-7-6-20-12-18(4-5-21(20)13-22)16-28-10-8-19(9-11-28)25(29)30/h4-7,12-13,19,23-24H,8-11,14-17H2,1-3H3,(H,29,30). The Morgan fingerprint density at radius 3 is 2.45 bits per heavy atom. The van der Waals surface area contributed by atoms with Gasteiger partial charge in [0.1, 0.15) is 11.9 Å². The molecule has 2 bridgehead atoms. The normalized spacial score (nSPS) is 30.7. The molecule has 2 aromatic rings. The van der Waals surface area contributed by atoms with Gasteiger partial charge in [-0.25, -0.2) is 0 Å². The Morgan fingerprint density at radius 2 is 1.77 bits per heavy atom. The minimum Gasteiger partial charge on any atom is -0.490 e. The number of carboxylic acid groups (broad SMARTS) is 1. The predicted molar refractivity (Wildman–Crippen MR) is 123 cm³/mol. The van der Waals surface area contributed by atoms with Crippen LogP contribution in [0, 0.1) is 22.7 Å². The number of carboxylic acids is 1. The number of fused-ring (bicyclic) bond motifs is 3. The molecule has 1 saturated heterocycles. The Balaban J connectivity index is 1.25. The summed E-state index contributed by atoms with van der Waals surface area (Å²) in [5.74, 6) is 0.829. The Bertz CT molecular complexity index is 988. The molecule has 0 aromatic heterocycles. The molecule has 4 heteroatoms. The van der Waals surface area contributed by atoms with Crippen LogP contribution in [-0.2, 0) is 11.3 Å². The average Bonchev–Trinajstić information content (AvgIpc) is 3.16. The molecule has 2 saturated carbocycles. The van der Waals surface area contributed by atoms with E-state index in [-0.39, 0.29) is 5.92 Å². The lowest BCUT2D eigenvalue weighted by Gasteiger charge is -2.38. The van der Waals surface area contributed by atoms with Crippen LogP contribution in [0.15, 0.2) is 36.4 Å². The van der Waals surface area contributed by atoms with Crippen molar-refractivity contribution >= 4 is 16.7 Å². The van der Waals surface area contributed by atoms with Gasteiger partial charge < -0.3 is 9.84 Å². The van der Waals surface area contributed by atoms with Crippen LogP contribution in [0.2, 0.25) is 0 Å². The van der Waals surface area contributed by atoms with Gasteiger partial charge in [0, 0.05) is 12.5 Å². The van der Waals surface area contributed by atoms with Crippen LogP contribution in [-0.4, -0.2) is 35.2 Å². The van der Waals surface area contributed by atoms with Crippen molar-refractivity contribution in [1.29, 1.82) is 0 Å². The number of hydrogen-bond acceptors (Lipinski definition) is 3. The second kappa shape index (κ2) is 7.51. The Kier molecular flexibility index (Phi) is 5.04. The summed E-state index contributed by atoms with van der Waals surface area (Å²) in [6.45, 7) is 9.86. The maximum absolute atomic E-state index is 11.2.